The molecule has 1 unspecified atom stereocenters. The van der Waals surface area contributed by atoms with Crippen molar-refractivity contribution in [2.45, 2.75) is 26.7 Å². The normalized spacial score (nSPS) is 22.5. The van der Waals surface area contributed by atoms with Crippen LogP contribution in [-0.2, 0) is 9.53 Å². The topological polar surface area (TPSA) is 38.3 Å². The highest BCUT2D eigenvalue weighted by atomic mass is 35.5. The van der Waals surface area contributed by atoms with Crippen molar-refractivity contribution in [2.75, 3.05) is 25.6 Å². The Hall–Kier alpha value is -0.280. The fraction of sp³-hybridized carbons (Fsp3) is 0.909. The highest BCUT2D eigenvalue weighted by Gasteiger charge is 2.50. The average Bonchev–Trinajstić information content (AvgIpc) is 2.81. The molecule has 1 aliphatic rings. The minimum atomic E-state index is 0.192. The highest BCUT2D eigenvalue weighted by Crippen LogP contribution is 2.51. The maximum Gasteiger partial charge on any atom is 0.223 e. The van der Waals surface area contributed by atoms with Crippen LogP contribution < -0.4 is 5.32 Å². The standard InChI is InChI=1S/C11H20ClNO2/c1-11(2)8-9(11)10(14)13-5-3-6-15-7-4-12/h9H,3-8H2,1-2H3,(H,13,14). The molecule has 0 aromatic rings. The first-order chi connectivity index (χ1) is 7.08. The smallest absolute Gasteiger partial charge is 0.223 e. The van der Waals surface area contributed by atoms with E-state index in [1.807, 2.05) is 0 Å². The molecule has 1 saturated carbocycles. The second-order valence-electron chi connectivity index (χ2n) is 4.69. The lowest BCUT2D eigenvalue weighted by atomic mass is 10.1. The van der Waals surface area contributed by atoms with Crippen molar-refractivity contribution in [3.63, 3.8) is 0 Å². The summed E-state index contributed by atoms with van der Waals surface area (Å²) in [6, 6.07) is 0. The number of hydrogen-bond acceptors (Lipinski definition) is 2. The fourth-order valence-corrected chi connectivity index (χ4v) is 1.69. The van der Waals surface area contributed by atoms with Crippen molar-refractivity contribution in [3.05, 3.63) is 0 Å². The Morgan fingerprint density at radius 1 is 1.53 bits per heavy atom. The van der Waals surface area contributed by atoms with Crippen molar-refractivity contribution >= 4 is 17.5 Å². The average molecular weight is 234 g/mol. The quantitative estimate of drug-likeness (QED) is 0.538. The van der Waals surface area contributed by atoms with Gasteiger partial charge in [-0.05, 0) is 18.3 Å². The number of carbonyl (C=O) groups is 1. The van der Waals surface area contributed by atoms with E-state index in [1.54, 1.807) is 0 Å². The van der Waals surface area contributed by atoms with Gasteiger partial charge < -0.3 is 10.1 Å². The lowest BCUT2D eigenvalue weighted by Gasteiger charge is -2.06. The molecule has 88 valence electrons. The van der Waals surface area contributed by atoms with E-state index < -0.39 is 0 Å². The Morgan fingerprint density at radius 3 is 2.73 bits per heavy atom. The predicted octanol–water partition coefficient (Wildman–Crippen LogP) is 1.79. The maximum absolute atomic E-state index is 11.5. The van der Waals surface area contributed by atoms with Gasteiger partial charge in [0.25, 0.3) is 0 Å². The van der Waals surface area contributed by atoms with E-state index in [-0.39, 0.29) is 17.2 Å². The summed E-state index contributed by atoms with van der Waals surface area (Å²) in [6.07, 6.45) is 1.87. The minimum Gasteiger partial charge on any atom is -0.380 e. The lowest BCUT2D eigenvalue weighted by Crippen LogP contribution is -2.28. The molecule has 4 heteroatoms. The van der Waals surface area contributed by atoms with Crippen LogP contribution in [0.2, 0.25) is 0 Å². The van der Waals surface area contributed by atoms with Crippen LogP contribution in [0.25, 0.3) is 0 Å². The molecule has 3 nitrogen and oxygen atoms in total. The second-order valence-corrected chi connectivity index (χ2v) is 5.07. The van der Waals surface area contributed by atoms with Gasteiger partial charge in [-0.25, -0.2) is 0 Å². The zero-order valence-corrected chi connectivity index (χ0v) is 10.3. The molecule has 0 aromatic heterocycles. The van der Waals surface area contributed by atoms with E-state index in [1.165, 1.54) is 0 Å². The van der Waals surface area contributed by atoms with Crippen molar-refractivity contribution in [3.8, 4) is 0 Å². The first-order valence-corrected chi connectivity index (χ1v) is 6.03. The number of ether oxygens (including phenoxy) is 1. The van der Waals surface area contributed by atoms with Gasteiger partial charge in [0.1, 0.15) is 0 Å². The number of halogens is 1. The van der Waals surface area contributed by atoms with Gasteiger partial charge in [-0.3, -0.25) is 4.79 Å². The minimum absolute atomic E-state index is 0.192. The van der Waals surface area contributed by atoms with E-state index in [0.29, 0.717) is 25.6 Å². The summed E-state index contributed by atoms with van der Waals surface area (Å²) >= 11 is 5.45. The monoisotopic (exact) mass is 233 g/mol. The third kappa shape index (κ3) is 4.39. The number of hydrogen-bond donors (Lipinski definition) is 1. The van der Waals surface area contributed by atoms with Gasteiger partial charge in [0.05, 0.1) is 6.61 Å². The largest absolute Gasteiger partial charge is 0.380 e. The van der Waals surface area contributed by atoms with Crippen LogP contribution in [0, 0.1) is 11.3 Å². The number of rotatable bonds is 7. The molecule has 1 rings (SSSR count). The van der Waals surface area contributed by atoms with Gasteiger partial charge in [-0.1, -0.05) is 13.8 Å². The van der Waals surface area contributed by atoms with Gasteiger partial charge in [0.2, 0.25) is 5.91 Å². The van der Waals surface area contributed by atoms with Crippen LogP contribution in [0.15, 0.2) is 0 Å². The third-order valence-electron chi connectivity index (χ3n) is 2.82. The maximum atomic E-state index is 11.5. The van der Waals surface area contributed by atoms with Crippen LogP contribution in [0.3, 0.4) is 0 Å². The predicted molar refractivity (Wildman–Crippen MR) is 61.1 cm³/mol. The summed E-state index contributed by atoms with van der Waals surface area (Å²) in [6.45, 7) is 6.21. The molecule has 0 heterocycles. The second kappa shape index (κ2) is 5.71. The van der Waals surface area contributed by atoms with Crippen LogP contribution in [-0.4, -0.2) is 31.5 Å². The number of alkyl halides is 1. The van der Waals surface area contributed by atoms with E-state index in [9.17, 15) is 4.79 Å². The first kappa shape index (κ1) is 12.8. The van der Waals surface area contributed by atoms with Crippen molar-refractivity contribution in [1.82, 2.24) is 5.32 Å². The highest BCUT2D eigenvalue weighted by molar-refractivity contribution is 6.17. The molecule has 0 aliphatic heterocycles. The van der Waals surface area contributed by atoms with Crippen molar-refractivity contribution in [2.24, 2.45) is 11.3 Å². The van der Waals surface area contributed by atoms with Gasteiger partial charge >= 0.3 is 0 Å². The van der Waals surface area contributed by atoms with E-state index in [0.717, 1.165) is 12.8 Å². The van der Waals surface area contributed by atoms with E-state index >= 15 is 0 Å². The molecule has 1 atom stereocenters. The summed E-state index contributed by atoms with van der Waals surface area (Å²) in [5.74, 6) is 0.946. The molecule has 1 N–H and O–H groups in total. The molecule has 0 aromatic carbocycles. The Kier molecular flexibility index (Phi) is 4.87. The Labute approximate surface area is 96.5 Å². The van der Waals surface area contributed by atoms with Gasteiger partial charge in [-0.2, -0.15) is 0 Å². The van der Waals surface area contributed by atoms with Crippen LogP contribution in [0.5, 0.6) is 0 Å². The number of amides is 1. The molecule has 0 radical (unpaired) electrons. The third-order valence-corrected chi connectivity index (χ3v) is 2.97. The van der Waals surface area contributed by atoms with Crippen LogP contribution in [0.1, 0.15) is 26.7 Å². The van der Waals surface area contributed by atoms with E-state index in [4.69, 9.17) is 16.3 Å². The molecule has 1 aliphatic carbocycles. The molecule has 1 amide bonds. The molecule has 15 heavy (non-hydrogen) atoms. The van der Waals surface area contributed by atoms with E-state index in [2.05, 4.69) is 19.2 Å². The van der Waals surface area contributed by atoms with Gasteiger partial charge in [-0.15, -0.1) is 11.6 Å². The molecule has 0 saturated heterocycles. The molecule has 0 spiro atoms. The van der Waals surface area contributed by atoms with Gasteiger partial charge in [0.15, 0.2) is 0 Å². The van der Waals surface area contributed by atoms with Gasteiger partial charge in [0, 0.05) is 24.9 Å². The summed E-state index contributed by atoms with van der Waals surface area (Å²) < 4.78 is 5.20. The SMILES string of the molecule is CC1(C)CC1C(=O)NCCCOCCCl. The molecule has 1 fully saturated rings. The Bertz CT molecular complexity index is 219. The number of carbonyl (C=O) groups excluding carboxylic acids is 1. The van der Waals surface area contributed by atoms with Crippen LogP contribution in [0.4, 0.5) is 0 Å². The summed E-state index contributed by atoms with van der Waals surface area (Å²) in [4.78, 5) is 11.5. The summed E-state index contributed by atoms with van der Waals surface area (Å²) in [5, 5.41) is 2.93. The van der Waals surface area contributed by atoms with Crippen molar-refractivity contribution < 1.29 is 9.53 Å². The first-order valence-electron chi connectivity index (χ1n) is 5.49. The zero-order valence-electron chi connectivity index (χ0n) is 9.51. The number of nitrogens with one attached hydrogen (secondary N) is 1. The lowest BCUT2D eigenvalue weighted by molar-refractivity contribution is -0.123. The molecular weight excluding hydrogens is 214 g/mol. The Balaban J connectivity index is 1.94. The fourth-order valence-electron chi connectivity index (χ4n) is 1.58. The summed E-state index contributed by atoms with van der Waals surface area (Å²) in [7, 11) is 0. The van der Waals surface area contributed by atoms with Crippen LogP contribution >= 0.6 is 11.6 Å². The van der Waals surface area contributed by atoms with Crippen molar-refractivity contribution in [1.29, 1.82) is 0 Å². The molecular formula is C11H20ClNO2. The Morgan fingerprint density at radius 2 is 2.20 bits per heavy atom. The molecule has 0 bridgehead atoms. The summed E-state index contributed by atoms with van der Waals surface area (Å²) in [5.41, 5.74) is 0.221. The zero-order chi connectivity index (χ0) is 11.3.